The number of fused-ring (bicyclic) bond motifs is 1. The van der Waals surface area contributed by atoms with Gasteiger partial charge in [-0.15, -0.1) is 0 Å². The molecule has 2 N–H and O–H groups in total. The lowest BCUT2D eigenvalue weighted by Crippen LogP contribution is -2.05. The van der Waals surface area contributed by atoms with E-state index in [4.69, 9.17) is 20.2 Å². The van der Waals surface area contributed by atoms with Gasteiger partial charge < -0.3 is 19.6 Å². The topological polar surface area (TPSA) is 61.8 Å². The van der Waals surface area contributed by atoms with Crippen LogP contribution in [0.5, 0.6) is 11.5 Å². The van der Waals surface area contributed by atoms with Gasteiger partial charge in [-0.3, -0.25) is 0 Å². The fourth-order valence-electron chi connectivity index (χ4n) is 2.79. The van der Waals surface area contributed by atoms with Crippen molar-refractivity contribution in [2.24, 2.45) is 5.73 Å². The maximum absolute atomic E-state index is 5.96. The van der Waals surface area contributed by atoms with Crippen LogP contribution in [0.2, 0.25) is 0 Å². The summed E-state index contributed by atoms with van der Waals surface area (Å²) in [4.78, 5) is 4.73. The lowest BCUT2D eigenvalue weighted by atomic mass is 10.1. The predicted molar refractivity (Wildman–Crippen MR) is 90.2 cm³/mol. The first-order valence-corrected chi connectivity index (χ1v) is 7.53. The van der Waals surface area contributed by atoms with Crippen LogP contribution in [0.25, 0.3) is 5.65 Å². The summed E-state index contributed by atoms with van der Waals surface area (Å²) in [5.74, 6) is 1.44. The SMILES string of the molecule is COc1ccc(Cc2nc3ccc(C)cn3c2CN)cc1OC. The number of ether oxygens (including phenoxy) is 2. The van der Waals surface area contributed by atoms with Crippen molar-refractivity contribution in [3.8, 4) is 11.5 Å². The van der Waals surface area contributed by atoms with Crippen LogP contribution < -0.4 is 15.2 Å². The molecule has 3 aromatic rings. The molecule has 5 heteroatoms. The maximum Gasteiger partial charge on any atom is 0.160 e. The van der Waals surface area contributed by atoms with Crippen molar-refractivity contribution in [1.29, 1.82) is 0 Å². The molecule has 0 aliphatic carbocycles. The number of hydrogen-bond acceptors (Lipinski definition) is 4. The standard InChI is InChI=1S/C18H21N3O2/c1-12-4-7-18-20-14(15(10-19)21(18)11-12)8-13-5-6-16(22-2)17(9-13)23-3/h4-7,9,11H,8,10,19H2,1-3H3. The quantitative estimate of drug-likeness (QED) is 0.787. The molecule has 0 aliphatic rings. The van der Waals surface area contributed by atoms with E-state index in [9.17, 15) is 0 Å². The summed E-state index contributed by atoms with van der Waals surface area (Å²) in [6, 6.07) is 10.00. The van der Waals surface area contributed by atoms with Gasteiger partial charge in [0, 0.05) is 19.2 Å². The van der Waals surface area contributed by atoms with Crippen LogP contribution >= 0.6 is 0 Å². The van der Waals surface area contributed by atoms with Gasteiger partial charge in [0.2, 0.25) is 0 Å². The molecule has 2 heterocycles. The van der Waals surface area contributed by atoms with Crippen LogP contribution in [-0.4, -0.2) is 23.6 Å². The number of imidazole rings is 1. The average Bonchev–Trinajstić information content (AvgIpc) is 2.90. The Morgan fingerprint density at radius 1 is 1.09 bits per heavy atom. The van der Waals surface area contributed by atoms with E-state index in [0.29, 0.717) is 13.0 Å². The molecule has 0 fully saturated rings. The highest BCUT2D eigenvalue weighted by Gasteiger charge is 2.13. The monoisotopic (exact) mass is 311 g/mol. The molecule has 2 aromatic heterocycles. The lowest BCUT2D eigenvalue weighted by molar-refractivity contribution is 0.354. The molecule has 0 amide bonds. The van der Waals surface area contributed by atoms with Gasteiger partial charge in [-0.1, -0.05) is 12.1 Å². The van der Waals surface area contributed by atoms with Crippen LogP contribution in [0.1, 0.15) is 22.5 Å². The molecule has 0 spiro atoms. The Bertz CT molecular complexity index is 840. The minimum absolute atomic E-state index is 0.452. The summed E-state index contributed by atoms with van der Waals surface area (Å²) in [5.41, 5.74) is 11.2. The third kappa shape index (κ3) is 2.87. The van der Waals surface area contributed by atoms with Crippen LogP contribution in [0.3, 0.4) is 0 Å². The summed E-state index contributed by atoms with van der Waals surface area (Å²) >= 11 is 0. The molecule has 0 atom stereocenters. The molecule has 0 aliphatic heterocycles. The Hall–Kier alpha value is -2.53. The number of aryl methyl sites for hydroxylation is 1. The molecule has 0 bridgehead atoms. The number of hydrogen-bond donors (Lipinski definition) is 1. The summed E-state index contributed by atoms with van der Waals surface area (Å²) in [6.07, 6.45) is 2.77. The highest BCUT2D eigenvalue weighted by Crippen LogP contribution is 2.29. The first-order chi connectivity index (χ1) is 11.2. The Morgan fingerprint density at radius 3 is 2.57 bits per heavy atom. The number of nitrogens with two attached hydrogens (primary N) is 1. The zero-order chi connectivity index (χ0) is 16.4. The Kier molecular flexibility index (Phi) is 4.21. The number of pyridine rings is 1. The van der Waals surface area contributed by atoms with Crippen LogP contribution in [-0.2, 0) is 13.0 Å². The molecule has 23 heavy (non-hydrogen) atoms. The van der Waals surface area contributed by atoms with E-state index in [2.05, 4.69) is 23.6 Å². The predicted octanol–water partition coefficient (Wildman–Crippen LogP) is 2.71. The number of rotatable bonds is 5. The van der Waals surface area contributed by atoms with Crippen molar-refractivity contribution < 1.29 is 9.47 Å². The summed E-state index contributed by atoms with van der Waals surface area (Å²) in [5, 5.41) is 0. The van der Waals surface area contributed by atoms with Gasteiger partial charge in [0.25, 0.3) is 0 Å². The van der Waals surface area contributed by atoms with Crippen molar-refractivity contribution in [3.05, 3.63) is 59.0 Å². The van der Waals surface area contributed by atoms with E-state index in [1.807, 2.05) is 24.3 Å². The van der Waals surface area contributed by atoms with Gasteiger partial charge in [-0.05, 0) is 36.2 Å². The third-order valence-electron chi connectivity index (χ3n) is 3.96. The van der Waals surface area contributed by atoms with E-state index in [0.717, 1.165) is 34.1 Å². The largest absolute Gasteiger partial charge is 0.493 e. The first-order valence-electron chi connectivity index (χ1n) is 7.53. The zero-order valence-corrected chi connectivity index (χ0v) is 13.7. The van der Waals surface area contributed by atoms with Gasteiger partial charge in [0.15, 0.2) is 11.5 Å². The van der Waals surface area contributed by atoms with Crippen molar-refractivity contribution in [3.63, 3.8) is 0 Å². The molecule has 0 radical (unpaired) electrons. The fourth-order valence-corrected chi connectivity index (χ4v) is 2.79. The van der Waals surface area contributed by atoms with E-state index in [1.54, 1.807) is 14.2 Å². The zero-order valence-electron chi connectivity index (χ0n) is 13.7. The Morgan fingerprint density at radius 2 is 1.87 bits per heavy atom. The maximum atomic E-state index is 5.96. The second-order valence-corrected chi connectivity index (χ2v) is 5.51. The normalized spacial score (nSPS) is 11.0. The van der Waals surface area contributed by atoms with Gasteiger partial charge in [0.05, 0.1) is 25.6 Å². The van der Waals surface area contributed by atoms with Crippen LogP contribution in [0, 0.1) is 6.92 Å². The van der Waals surface area contributed by atoms with E-state index >= 15 is 0 Å². The molecule has 0 unspecified atom stereocenters. The van der Waals surface area contributed by atoms with Gasteiger partial charge in [0.1, 0.15) is 5.65 Å². The van der Waals surface area contributed by atoms with Crippen LogP contribution in [0.4, 0.5) is 0 Å². The highest BCUT2D eigenvalue weighted by molar-refractivity contribution is 5.47. The van der Waals surface area contributed by atoms with E-state index in [-0.39, 0.29) is 0 Å². The second kappa shape index (κ2) is 6.30. The Labute approximate surface area is 135 Å². The lowest BCUT2D eigenvalue weighted by Gasteiger charge is -2.09. The molecule has 5 nitrogen and oxygen atoms in total. The van der Waals surface area contributed by atoms with Crippen molar-refractivity contribution in [1.82, 2.24) is 9.38 Å². The van der Waals surface area contributed by atoms with Crippen molar-refractivity contribution >= 4 is 5.65 Å². The second-order valence-electron chi connectivity index (χ2n) is 5.51. The minimum Gasteiger partial charge on any atom is -0.493 e. The molecular formula is C18H21N3O2. The van der Waals surface area contributed by atoms with Crippen molar-refractivity contribution in [2.75, 3.05) is 14.2 Å². The number of aromatic nitrogens is 2. The minimum atomic E-state index is 0.452. The summed E-state index contributed by atoms with van der Waals surface area (Å²) < 4.78 is 12.7. The van der Waals surface area contributed by atoms with Gasteiger partial charge in [-0.25, -0.2) is 4.98 Å². The third-order valence-corrected chi connectivity index (χ3v) is 3.96. The molecular weight excluding hydrogens is 290 g/mol. The smallest absolute Gasteiger partial charge is 0.160 e. The summed E-state index contributed by atoms with van der Waals surface area (Å²) in [7, 11) is 3.27. The summed E-state index contributed by atoms with van der Waals surface area (Å²) in [6.45, 7) is 2.51. The molecule has 3 rings (SSSR count). The average molecular weight is 311 g/mol. The number of methoxy groups -OCH3 is 2. The number of nitrogens with zero attached hydrogens (tertiary/aromatic N) is 2. The fraction of sp³-hybridized carbons (Fsp3) is 0.278. The van der Waals surface area contributed by atoms with Crippen molar-refractivity contribution in [2.45, 2.75) is 19.9 Å². The Balaban J connectivity index is 2.01. The van der Waals surface area contributed by atoms with Gasteiger partial charge >= 0.3 is 0 Å². The first kappa shape index (κ1) is 15.4. The molecule has 1 aromatic carbocycles. The number of benzene rings is 1. The van der Waals surface area contributed by atoms with E-state index < -0.39 is 0 Å². The van der Waals surface area contributed by atoms with Crippen LogP contribution in [0.15, 0.2) is 36.5 Å². The highest BCUT2D eigenvalue weighted by atomic mass is 16.5. The molecule has 0 saturated carbocycles. The van der Waals surface area contributed by atoms with E-state index in [1.165, 1.54) is 5.56 Å². The molecule has 120 valence electrons. The molecule has 0 saturated heterocycles. The van der Waals surface area contributed by atoms with Gasteiger partial charge in [-0.2, -0.15) is 0 Å².